The molecule has 0 bridgehead atoms. The normalized spacial score (nSPS) is 10.5. The Labute approximate surface area is 65.6 Å². The Morgan fingerprint density at radius 3 is 2.00 bits per heavy atom. The van der Waals surface area contributed by atoms with Gasteiger partial charge >= 0.3 is 0 Å². The van der Waals surface area contributed by atoms with Gasteiger partial charge < -0.3 is 10.2 Å². The van der Waals surface area contributed by atoms with E-state index in [1.54, 1.807) is 4.90 Å². The largest absolute Gasteiger partial charge is 0.395 e. The Bertz CT molecular complexity index is 93.8. The molecule has 0 aromatic rings. The van der Waals surface area contributed by atoms with Crippen molar-refractivity contribution in [1.29, 1.82) is 0 Å². The van der Waals surface area contributed by atoms with E-state index in [9.17, 15) is 4.91 Å². The van der Waals surface area contributed by atoms with Crippen LogP contribution in [0.5, 0.6) is 0 Å². The topological polar surface area (TPSA) is 73.1 Å². The molecule has 0 fully saturated rings. The Morgan fingerprint density at radius 1 is 1.09 bits per heavy atom. The summed E-state index contributed by atoms with van der Waals surface area (Å²) in [5.41, 5.74) is 0. The zero-order chi connectivity index (χ0) is 8.53. The summed E-state index contributed by atoms with van der Waals surface area (Å²) in [5.74, 6) is 0. The Kier molecular flexibility index (Phi) is 7.23. The third-order valence-electron chi connectivity index (χ3n) is 1.34. The van der Waals surface area contributed by atoms with Crippen LogP contribution >= 0.6 is 0 Å². The van der Waals surface area contributed by atoms with Crippen LogP contribution in [0.15, 0.2) is 5.18 Å². The van der Waals surface area contributed by atoms with Crippen molar-refractivity contribution < 1.29 is 10.2 Å². The molecule has 66 valence electrons. The van der Waals surface area contributed by atoms with Gasteiger partial charge in [-0.1, -0.05) is 5.18 Å². The molecule has 0 atom stereocenters. The van der Waals surface area contributed by atoms with Gasteiger partial charge in [0, 0.05) is 19.6 Å². The number of nitrogens with zero attached hydrogens (tertiary/aromatic N) is 2. The van der Waals surface area contributed by atoms with E-state index in [1.165, 1.54) is 0 Å². The van der Waals surface area contributed by atoms with Crippen LogP contribution in [-0.4, -0.2) is 54.5 Å². The molecule has 0 amide bonds. The first-order valence-corrected chi connectivity index (χ1v) is 3.58. The summed E-state index contributed by atoms with van der Waals surface area (Å²) < 4.78 is 0. The van der Waals surface area contributed by atoms with Crippen molar-refractivity contribution in [2.75, 3.05) is 39.4 Å². The highest BCUT2D eigenvalue weighted by atomic mass is 16.3. The third-order valence-corrected chi connectivity index (χ3v) is 1.34. The van der Waals surface area contributed by atoms with Crippen LogP contribution in [-0.2, 0) is 0 Å². The van der Waals surface area contributed by atoms with Crippen LogP contribution in [0.1, 0.15) is 0 Å². The predicted octanol–water partition coefficient (Wildman–Crippen LogP) is -0.961. The molecule has 0 saturated carbocycles. The molecule has 0 aliphatic carbocycles. The monoisotopic (exact) mass is 162 g/mol. The molecule has 0 aromatic heterocycles. The maximum absolute atomic E-state index is 9.72. The fraction of sp³-hybridized carbons (Fsp3) is 1.00. The van der Waals surface area contributed by atoms with Crippen molar-refractivity contribution in [1.82, 2.24) is 4.90 Å². The first-order valence-electron chi connectivity index (χ1n) is 3.58. The van der Waals surface area contributed by atoms with Gasteiger partial charge in [-0.25, -0.2) is 0 Å². The second kappa shape index (κ2) is 7.59. The number of rotatable bonds is 7. The number of nitroso groups, excluding NO2 is 1. The van der Waals surface area contributed by atoms with Crippen LogP contribution in [0.2, 0.25) is 0 Å². The molecule has 0 unspecified atom stereocenters. The molecule has 5 heteroatoms. The maximum atomic E-state index is 9.72. The molecule has 0 saturated heterocycles. The molecule has 0 heterocycles. The number of hydrogen-bond acceptors (Lipinski definition) is 5. The third kappa shape index (κ3) is 5.90. The lowest BCUT2D eigenvalue weighted by atomic mass is 10.4. The number of aliphatic hydroxyl groups is 2. The Morgan fingerprint density at radius 2 is 1.64 bits per heavy atom. The quantitative estimate of drug-likeness (QED) is 0.473. The maximum Gasteiger partial charge on any atom is 0.0938 e. The van der Waals surface area contributed by atoms with E-state index in [0.717, 1.165) is 0 Å². The molecular weight excluding hydrogens is 148 g/mol. The van der Waals surface area contributed by atoms with Gasteiger partial charge in [0.2, 0.25) is 0 Å². The van der Waals surface area contributed by atoms with Crippen molar-refractivity contribution in [3.63, 3.8) is 0 Å². The molecule has 0 spiro atoms. The SMILES string of the molecule is O=NCCN(CCO)CCO. The zero-order valence-electron chi connectivity index (χ0n) is 6.44. The van der Waals surface area contributed by atoms with Gasteiger partial charge in [0.15, 0.2) is 0 Å². The first kappa shape index (κ1) is 10.5. The van der Waals surface area contributed by atoms with E-state index in [2.05, 4.69) is 5.18 Å². The number of hydrogen-bond donors (Lipinski definition) is 2. The average molecular weight is 162 g/mol. The highest BCUT2D eigenvalue weighted by Gasteiger charge is 2.01. The molecule has 2 N–H and O–H groups in total. The highest BCUT2D eigenvalue weighted by molar-refractivity contribution is 4.57. The highest BCUT2D eigenvalue weighted by Crippen LogP contribution is 1.86. The molecule has 0 rings (SSSR count). The summed E-state index contributed by atoms with van der Waals surface area (Å²) in [6.07, 6.45) is 0. The number of aliphatic hydroxyl groups excluding tert-OH is 2. The van der Waals surface area contributed by atoms with Gasteiger partial charge in [-0.15, -0.1) is 0 Å². The standard InChI is InChI=1S/C6H14N2O3/c9-5-3-8(4-6-10)2-1-7-11/h9-10H,1-6H2. The molecule has 11 heavy (non-hydrogen) atoms. The summed E-state index contributed by atoms with van der Waals surface area (Å²) in [6.45, 7) is 1.76. The van der Waals surface area contributed by atoms with E-state index in [1.807, 2.05) is 0 Å². The zero-order valence-corrected chi connectivity index (χ0v) is 6.44. The lowest BCUT2D eigenvalue weighted by Crippen LogP contribution is -2.32. The smallest absolute Gasteiger partial charge is 0.0938 e. The van der Waals surface area contributed by atoms with Crippen LogP contribution in [0.3, 0.4) is 0 Å². The fourth-order valence-electron chi connectivity index (χ4n) is 0.800. The van der Waals surface area contributed by atoms with E-state index in [0.29, 0.717) is 19.6 Å². The molecule has 0 aromatic carbocycles. The van der Waals surface area contributed by atoms with Crippen molar-refractivity contribution in [2.45, 2.75) is 0 Å². The minimum absolute atomic E-state index is 0.0405. The molecule has 0 radical (unpaired) electrons. The second-order valence-electron chi connectivity index (χ2n) is 2.14. The van der Waals surface area contributed by atoms with E-state index in [4.69, 9.17) is 10.2 Å². The van der Waals surface area contributed by atoms with Crippen molar-refractivity contribution >= 4 is 0 Å². The summed E-state index contributed by atoms with van der Waals surface area (Å²) in [4.78, 5) is 11.5. The van der Waals surface area contributed by atoms with Gasteiger partial charge in [-0.05, 0) is 0 Å². The second-order valence-corrected chi connectivity index (χ2v) is 2.14. The Balaban J connectivity index is 3.41. The van der Waals surface area contributed by atoms with Crippen LogP contribution in [0.4, 0.5) is 0 Å². The van der Waals surface area contributed by atoms with Gasteiger partial charge in [0.25, 0.3) is 0 Å². The molecule has 0 aliphatic rings. The van der Waals surface area contributed by atoms with Crippen LogP contribution in [0.25, 0.3) is 0 Å². The van der Waals surface area contributed by atoms with Gasteiger partial charge in [-0.3, -0.25) is 4.90 Å². The van der Waals surface area contributed by atoms with Gasteiger partial charge in [0.05, 0.1) is 19.8 Å². The van der Waals surface area contributed by atoms with E-state index in [-0.39, 0.29) is 19.8 Å². The summed E-state index contributed by atoms with van der Waals surface area (Å²) in [5, 5.41) is 19.7. The van der Waals surface area contributed by atoms with Gasteiger partial charge in [-0.2, -0.15) is 4.91 Å². The molecule has 0 aliphatic heterocycles. The van der Waals surface area contributed by atoms with E-state index >= 15 is 0 Å². The minimum Gasteiger partial charge on any atom is -0.395 e. The lowest BCUT2D eigenvalue weighted by Gasteiger charge is -2.17. The van der Waals surface area contributed by atoms with Gasteiger partial charge in [0.1, 0.15) is 0 Å². The summed E-state index contributed by atoms with van der Waals surface area (Å²) in [7, 11) is 0. The van der Waals surface area contributed by atoms with Crippen molar-refractivity contribution in [3.8, 4) is 0 Å². The summed E-state index contributed by atoms with van der Waals surface area (Å²) >= 11 is 0. The van der Waals surface area contributed by atoms with Crippen LogP contribution in [0, 0.1) is 4.91 Å². The Hall–Kier alpha value is -0.520. The van der Waals surface area contributed by atoms with Crippen molar-refractivity contribution in [3.05, 3.63) is 4.91 Å². The van der Waals surface area contributed by atoms with E-state index < -0.39 is 0 Å². The fourth-order valence-corrected chi connectivity index (χ4v) is 0.800. The minimum atomic E-state index is 0.0405. The van der Waals surface area contributed by atoms with Crippen LogP contribution < -0.4 is 0 Å². The molecule has 5 nitrogen and oxygen atoms in total. The first-order chi connectivity index (χ1) is 5.35. The predicted molar refractivity (Wildman–Crippen MR) is 41.3 cm³/mol. The lowest BCUT2D eigenvalue weighted by molar-refractivity contribution is 0.164. The average Bonchev–Trinajstić information content (AvgIpc) is 2.01. The van der Waals surface area contributed by atoms with Crippen molar-refractivity contribution in [2.24, 2.45) is 5.18 Å². The molecular formula is C6H14N2O3. The summed E-state index contributed by atoms with van der Waals surface area (Å²) in [6, 6.07) is 0.